The molecule has 0 saturated carbocycles. The summed E-state index contributed by atoms with van der Waals surface area (Å²) in [4.78, 5) is 12.8. The Morgan fingerprint density at radius 1 is 1.38 bits per heavy atom. The molecule has 1 aliphatic heterocycles. The number of aldehydes is 1. The predicted octanol–water partition coefficient (Wildman–Crippen LogP) is 1.49. The number of carbonyl (C=O) groups is 1. The van der Waals surface area contributed by atoms with Crippen LogP contribution in [-0.2, 0) is 13.0 Å². The summed E-state index contributed by atoms with van der Waals surface area (Å²) in [7, 11) is 2.12. The fraction of sp³-hybridized carbons (Fsp3) is 0.364. The van der Waals surface area contributed by atoms with Gasteiger partial charge < -0.3 is 4.90 Å². The van der Waals surface area contributed by atoms with Crippen LogP contribution in [-0.4, -0.2) is 24.8 Å². The minimum Gasteiger partial charge on any atom is -0.302 e. The van der Waals surface area contributed by atoms with E-state index < -0.39 is 0 Å². The van der Waals surface area contributed by atoms with Gasteiger partial charge in [-0.05, 0) is 30.7 Å². The molecule has 1 aliphatic rings. The molecule has 1 heterocycles. The van der Waals surface area contributed by atoms with Gasteiger partial charge in [-0.2, -0.15) is 0 Å². The molecule has 1 aromatic carbocycles. The molecule has 2 heteroatoms. The molecule has 0 aromatic heterocycles. The van der Waals surface area contributed by atoms with E-state index in [4.69, 9.17) is 0 Å². The van der Waals surface area contributed by atoms with Crippen LogP contribution in [0.25, 0.3) is 0 Å². The Balaban J connectivity index is 2.36. The van der Waals surface area contributed by atoms with Crippen molar-refractivity contribution in [1.82, 2.24) is 4.90 Å². The molecule has 13 heavy (non-hydrogen) atoms. The summed E-state index contributed by atoms with van der Waals surface area (Å²) in [6.45, 7) is 2.10. The average Bonchev–Trinajstić information content (AvgIpc) is 2.17. The van der Waals surface area contributed by atoms with Gasteiger partial charge in [-0.25, -0.2) is 0 Å². The number of hydrogen-bond donors (Lipinski definition) is 0. The Hall–Kier alpha value is -1.15. The van der Waals surface area contributed by atoms with Crippen molar-refractivity contribution < 1.29 is 4.79 Å². The Kier molecular flexibility index (Phi) is 2.15. The summed E-state index contributed by atoms with van der Waals surface area (Å²) in [5.74, 6) is 0. The first-order valence-corrected chi connectivity index (χ1v) is 4.55. The summed E-state index contributed by atoms with van der Waals surface area (Å²) >= 11 is 0. The first kappa shape index (κ1) is 8.45. The zero-order chi connectivity index (χ0) is 9.26. The van der Waals surface area contributed by atoms with Gasteiger partial charge in [0.1, 0.15) is 6.29 Å². The second kappa shape index (κ2) is 3.30. The molecule has 0 bridgehead atoms. The SMILES string of the molecule is CN1CCc2cc(C=O)ccc2C1. The highest BCUT2D eigenvalue weighted by Gasteiger charge is 2.12. The molecule has 0 amide bonds. The molecule has 0 saturated heterocycles. The molecule has 2 nitrogen and oxygen atoms in total. The van der Waals surface area contributed by atoms with Crippen LogP contribution < -0.4 is 0 Å². The lowest BCUT2D eigenvalue weighted by Crippen LogP contribution is -2.26. The van der Waals surface area contributed by atoms with Gasteiger partial charge in [0.15, 0.2) is 0 Å². The van der Waals surface area contributed by atoms with E-state index in [1.807, 2.05) is 12.1 Å². The standard InChI is InChI=1S/C11H13NO/c1-12-5-4-10-6-9(8-13)2-3-11(10)7-12/h2-3,6,8H,4-5,7H2,1H3. The minimum atomic E-state index is 0.795. The van der Waals surface area contributed by atoms with Crippen LogP contribution in [0.15, 0.2) is 18.2 Å². The van der Waals surface area contributed by atoms with Crippen molar-refractivity contribution in [2.75, 3.05) is 13.6 Å². The van der Waals surface area contributed by atoms with Gasteiger partial charge in [-0.3, -0.25) is 4.79 Å². The molecule has 0 fully saturated rings. The molecule has 0 N–H and O–H groups in total. The van der Waals surface area contributed by atoms with Gasteiger partial charge in [-0.1, -0.05) is 12.1 Å². The molecule has 0 spiro atoms. The van der Waals surface area contributed by atoms with Crippen molar-refractivity contribution in [1.29, 1.82) is 0 Å². The second-order valence-corrected chi connectivity index (χ2v) is 3.63. The van der Waals surface area contributed by atoms with E-state index in [1.54, 1.807) is 0 Å². The van der Waals surface area contributed by atoms with Gasteiger partial charge in [0, 0.05) is 18.7 Å². The lowest BCUT2D eigenvalue weighted by Gasteiger charge is -2.24. The van der Waals surface area contributed by atoms with E-state index in [9.17, 15) is 4.79 Å². The highest BCUT2D eigenvalue weighted by Crippen LogP contribution is 2.18. The zero-order valence-corrected chi connectivity index (χ0v) is 7.79. The van der Waals surface area contributed by atoms with Gasteiger partial charge in [0.25, 0.3) is 0 Å². The van der Waals surface area contributed by atoms with Gasteiger partial charge >= 0.3 is 0 Å². The summed E-state index contributed by atoms with van der Waals surface area (Å²) in [5, 5.41) is 0. The van der Waals surface area contributed by atoms with Gasteiger partial charge in [0.2, 0.25) is 0 Å². The van der Waals surface area contributed by atoms with Crippen LogP contribution in [0.4, 0.5) is 0 Å². The first-order chi connectivity index (χ1) is 6.29. The van der Waals surface area contributed by atoms with Crippen molar-refractivity contribution in [2.24, 2.45) is 0 Å². The zero-order valence-electron chi connectivity index (χ0n) is 7.79. The second-order valence-electron chi connectivity index (χ2n) is 3.63. The third-order valence-corrected chi connectivity index (χ3v) is 2.57. The maximum absolute atomic E-state index is 10.5. The number of benzene rings is 1. The summed E-state index contributed by atoms with van der Waals surface area (Å²) < 4.78 is 0. The molecular weight excluding hydrogens is 162 g/mol. The summed E-state index contributed by atoms with van der Waals surface area (Å²) in [5.41, 5.74) is 3.49. The van der Waals surface area contributed by atoms with E-state index in [2.05, 4.69) is 18.0 Å². The lowest BCUT2D eigenvalue weighted by atomic mass is 9.98. The molecular formula is C11H13NO. The Morgan fingerprint density at radius 3 is 3.00 bits per heavy atom. The Bertz CT molecular complexity index is 333. The molecule has 0 aliphatic carbocycles. The number of carbonyl (C=O) groups excluding carboxylic acids is 1. The fourth-order valence-electron chi connectivity index (χ4n) is 1.79. The number of rotatable bonds is 1. The third-order valence-electron chi connectivity index (χ3n) is 2.57. The average molecular weight is 175 g/mol. The van der Waals surface area contributed by atoms with E-state index >= 15 is 0 Å². The Labute approximate surface area is 78.2 Å². The smallest absolute Gasteiger partial charge is 0.150 e. The minimum absolute atomic E-state index is 0.795. The molecule has 0 radical (unpaired) electrons. The molecule has 2 rings (SSSR count). The normalized spacial score (nSPS) is 16.7. The van der Waals surface area contributed by atoms with Crippen LogP contribution >= 0.6 is 0 Å². The fourth-order valence-corrected chi connectivity index (χ4v) is 1.79. The molecule has 0 unspecified atom stereocenters. The van der Waals surface area contributed by atoms with Crippen LogP contribution in [0, 0.1) is 0 Å². The van der Waals surface area contributed by atoms with Crippen LogP contribution in [0.2, 0.25) is 0 Å². The highest BCUT2D eigenvalue weighted by molar-refractivity contribution is 5.75. The quantitative estimate of drug-likeness (QED) is 0.603. The van der Waals surface area contributed by atoms with E-state index in [0.717, 1.165) is 31.4 Å². The van der Waals surface area contributed by atoms with Crippen LogP contribution in [0.1, 0.15) is 21.5 Å². The maximum Gasteiger partial charge on any atom is 0.150 e. The van der Waals surface area contributed by atoms with E-state index in [1.165, 1.54) is 11.1 Å². The first-order valence-electron chi connectivity index (χ1n) is 4.55. The van der Waals surface area contributed by atoms with Gasteiger partial charge in [0.05, 0.1) is 0 Å². The van der Waals surface area contributed by atoms with Crippen molar-refractivity contribution in [3.63, 3.8) is 0 Å². The van der Waals surface area contributed by atoms with Gasteiger partial charge in [-0.15, -0.1) is 0 Å². The highest BCUT2D eigenvalue weighted by atomic mass is 16.1. The van der Waals surface area contributed by atoms with E-state index in [-0.39, 0.29) is 0 Å². The van der Waals surface area contributed by atoms with Crippen LogP contribution in [0.3, 0.4) is 0 Å². The lowest BCUT2D eigenvalue weighted by molar-refractivity contribution is 0.112. The van der Waals surface area contributed by atoms with E-state index in [0.29, 0.717) is 0 Å². The number of fused-ring (bicyclic) bond motifs is 1. The van der Waals surface area contributed by atoms with Crippen molar-refractivity contribution in [3.8, 4) is 0 Å². The largest absolute Gasteiger partial charge is 0.302 e. The Morgan fingerprint density at radius 2 is 2.23 bits per heavy atom. The molecule has 0 atom stereocenters. The third kappa shape index (κ3) is 1.63. The topological polar surface area (TPSA) is 20.3 Å². The van der Waals surface area contributed by atoms with Crippen molar-refractivity contribution >= 4 is 6.29 Å². The number of nitrogens with zero attached hydrogens (tertiary/aromatic N) is 1. The molecule has 1 aromatic rings. The summed E-state index contributed by atoms with van der Waals surface area (Å²) in [6.07, 6.45) is 1.98. The molecule has 68 valence electrons. The summed E-state index contributed by atoms with van der Waals surface area (Å²) in [6, 6.07) is 5.97. The monoisotopic (exact) mass is 175 g/mol. The number of hydrogen-bond acceptors (Lipinski definition) is 2. The van der Waals surface area contributed by atoms with Crippen molar-refractivity contribution in [2.45, 2.75) is 13.0 Å². The predicted molar refractivity (Wildman–Crippen MR) is 51.9 cm³/mol. The van der Waals surface area contributed by atoms with Crippen LogP contribution in [0.5, 0.6) is 0 Å². The maximum atomic E-state index is 10.5. The van der Waals surface area contributed by atoms with Crippen molar-refractivity contribution in [3.05, 3.63) is 34.9 Å². The number of likely N-dealkylation sites (N-methyl/N-ethyl adjacent to an activating group) is 1.